The Kier molecular flexibility index (Phi) is 7.30. The minimum Gasteiger partial charge on any atom is -0.100 e. The van der Waals surface area contributed by atoms with Crippen molar-refractivity contribution in [2.75, 3.05) is 12.3 Å². The molecule has 0 spiro atoms. The summed E-state index contributed by atoms with van der Waals surface area (Å²) in [5.41, 5.74) is 4.53. The molecular weight excluding hydrogens is 278 g/mol. The van der Waals surface area contributed by atoms with E-state index in [1.165, 1.54) is 25.7 Å². The van der Waals surface area contributed by atoms with Crippen LogP contribution in [0.15, 0.2) is 0 Å². The van der Waals surface area contributed by atoms with Gasteiger partial charge in [-0.05, 0) is 86.3 Å². The van der Waals surface area contributed by atoms with Gasteiger partial charge in [0.05, 0.1) is 0 Å². The van der Waals surface area contributed by atoms with Gasteiger partial charge in [-0.2, -0.15) is 0 Å². The fraction of sp³-hybridized carbons (Fsp3) is 1.00. The Bertz CT molecular complexity index is 227. The van der Waals surface area contributed by atoms with Crippen molar-refractivity contribution >= 4 is 15.8 Å². The summed E-state index contributed by atoms with van der Waals surface area (Å²) < 4.78 is 0. The summed E-state index contributed by atoms with van der Waals surface area (Å²) >= 11 is 0. The molecule has 0 aromatic carbocycles. The van der Waals surface area contributed by atoms with Crippen LogP contribution in [0, 0.1) is 0 Å². The maximum Gasteiger partial charge on any atom is -0.0209 e. The molecule has 118 valence electrons. The fourth-order valence-corrected chi connectivity index (χ4v) is 13.0. The van der Waals surface area contributed by atoms with Crippen LogP contribution in [-0.2, 0) is 0 Å². The molecule has 0 radical (unpaired) electrons. The van der Waals surface area contributed by atoms with Crippen molar-refractivity contribution in [1.82, 2.24) is 0 Å². The molecule has 2 saturated heterocycles. The first-order chi connectivity index (χ1) is 9.74. The van der Waals surface area contributed by atoms with Gasteiger partial charge in [0.25, 0.3) is 0 Å². The molecule has 0 bridgehead atoms. The first-order valence-corrected chi connectivity index (χ1v) is 12.6. The van der Waals surface area contributed by atoms with Crippen LogP contribution in [0.25, 0.3) is 0 Å². The lowest BCUT2D eigenvalue weighted by molar-refractivity contribution is 0.696. The van der Waals surface area contributed by atoms with Crippen molar-refractivity contribution in [3.63, 3.8) is 0 Å². The molecule has 20 heavy (non-hydrogen) atoms. The molecular formula is C18H36P2. The van der Waals surface area contributed by atoms with E-state index < -0.39 is 0 Å². The number of hydrogen-bond donors (Lipinski definition) is 0. The van der Waals surface area contributed by atoms with Gasteiger partial charge in [-0.1, -0.05) is 27.7 Å². The topological polar surface area (TPSA) is 0 Å². The second-order valence-electron chi connectivity index (χ2n) is 6.88. The summed E-state index contributed by atoms with van der Waals surface area (Å²) in [5, 5.41) is 0. The van der Waals surface area contributed by atoms with Crippen molar-refractivity contribution in [1.29, 1.82) is 0 Å². The molecule has 2 rings (SSSR count). The lowest BCUT2D eigenvalue weighted by Gasteiger charge is -2.30. The van der Waals surface area contributed by atoms with Crippen molar-refractivity contribution < 1.29 is 0 Å². The maximum absolute atomic E-state index is 2.45. The normalized spacial score (nSPS) is 41.4. The van der Waals surface area contributed by atoms with Crippen molar-refractivity contribution in [3.05, 3.63) is 0 Å². The van der Waals surface area contributed by atoms with E-state index in [2.05, 4.69) is 27.7 Å². The molecule has 2 aliphatic heterocycles. The molecule has 0 saturated carbocycles. The lowest BCUT2D eigenvalue weighted by atomic mass is 10.1. The predicted octanol–water partition coefficient (Wildman–Crippen LogP) is 6.65. The molecule has 2 fully saturated rings. The number of rotatable bonds is 7. The maximum atomic E-state index is 2.45. The zero-order chi connectivity index (χ0) is 14.5. The third-order valence-electron chi connectivity index (χ3n) is 6.04. The van der Waals surface area contributed by atoms with Gasteiger partial charge in [0.2, 0.25) is 0 Å². The van der Waals surface area contributed by atoms with Gasteiger partial charge in [0, 0.05) is 0 Å². The summed E-state index contributed by atoms with van der Waals surface area (Å²) in [6, 6.07) is 0. The van der Waals surface area contributed by atoms with E-state index >= 15 is 0 Å². The van der Waals surface area contributed by atoms with Gasteiger partial charge in [-0.15, -0.1) is 15.8 Å². The molecule has 2 heteroatoms. The van der Waals surface area contributed by atoms with Crippen molar-refractivity contribution in [2.45, 2.75) is 102 Å². The van der Waals surface area contributed by atoms with Crippen LogP contribution in [-0.4, -0.2) is 35.0 Å². The Hall–Kier alpha value is 0.860. The SMILES string of the molecule is CCC1CCC(CC)P1CCP1C(CC)CC[C@H]1CC. The molecule has 4 unspecified atom stereocenters. The van der Waals surface area contributed by atoms with Gasteiger partial charge in [0.15, 0.2) is 0 Å². The Morgan fingerprint density at radius 3 is 1.00 bits per heavy atom. The minimum atomic E-state index is 0.380. The predicted molar refractivity (Wildman–Crippen MR) is 98.4 cm³/mol. The second kappa shape index (κ2) is 8.48. The van der Waals surface area contributed by atoms with Gasteiger partial charge in [-0.3, -0.25) is 0 Å². The average molecular weight is 314 g/mol. The Morgan fingerprint density at radius 2 is 0.800 bits per heavy atom. The van der Waals surface area contributed by atoms with Gasteiger partial charge < -0.3 is 0 Å². The second-order valence-corrected chi connectivity index (χ2v) is 12.8. The summed E-state index contributed by atoms with van der Waals surface area (Å²) in [7, 11) is 0.759. The Labute approximate surface area is 130 Å². The zero-order valence-corrected chi connectivity index (χ0v) is 16.1. The molecule has 0 amide bonds. The van der Waals surface area contributed by atoms with E-state index in [0.29, 0.717) is 15.8 Å². The molecule has 0 N–H and O–H groups in total. The third-order valence-corrected chi connectivity index (χ3v) is 14.1. The monoisotopic (exact) mass is 314 g/mol. The average Bonchev–Trinajstić information content (AvgIpc) is 3.07. The zero-order valence-electron chi connectivity index (χ0n) is 14.3. The van der Waals surface area contributed by atoms with E-state index in [4.69, 9.17) is 0 Å². The van der Waals surface area contributed by atoms with Gasteiger partial charge in [0.1, 0.15) is 0 Å². The molecule has 2 heterocycles. The molecule has 2 aliphatic rings. The number of hydrogen-bond acceptors (Lipinski definition) is 0. The highest BCUT2D eigenvalue weighted by molar-refractivity contribution is 7.63. The standard InChI is InChI=1S/C18H36P2/c1-5-15-9-10-16(6-2)19(15)13-14-20-17(7-3)11-12-18(20)8-4/h15-18H,5-14H2,1-4H3/t15-,16?,17?,18?,19?,20?/m1/s1. The fourth-order valence-electron chi connectivity index (χ4n) is 4.74. The smallest absolute Gasteiger partial charge is 0.0209 e. The van der Waals surface area contributed by atoms with E-state index in [0.717, 1.165) is 22.6 Å². The first kappa shape index (κ1) is 17.2. The Morgan fingerprint density at radius 1 is 0.550 bits per heavy atom. The van der Waals surface area contributed by atoms with Crippen LogP contribution >= 0.6 is 15.8 Å². The van der Waals surface area contributed by atoms with Gasteiger partial charge in [-0.25, -0.2) is 0 Å². The van der Waals surface area contributed by atoms with E-state index in [1.807, 2.05) is 0 Å². The highest BCUT2D eigenvalue weighted by Gasteiger charge is 2.37. The summed E-state index contributed by atoms with van der Waals surface area (Å²) in [6.45, 7) is 9.79. The summed E-state index contributed by atoms with van der Waals surface area (Å²) in [5.74, 6) is 0. The van der Waals surface area contributed by atoms with Crippen LogP contribution in [0.5, 0.6) is 0 Å². The summed E-state index contributed by atoms with van der Waals surface area (Å²) in [4.78, 5) is 0. The van der Waals surface area contributed by atoms with Gasteiger partial charge >= 0.3 is 0 Å². The molecule has 0 aromatic rings. The van der Waals surface area contributed by atoms with E-state index in [1.54, 1.807) is 38.0 Å². The summed E-state index contributed by atoms with van der Waals surface area (Å²) in [6.07, 6.45) is 15.4. The first-order valence-electron chi connectivity index (χ1n) is 9.26. The van der Waals surface area contributed by atoms with Crippen molar-refractivity contribution in [3.8, 4) is 0 Å². The van der Waals surface area contributed by atoms with Crippen LogP contribution in [0.2, 0.25) is 0 Å². The van der Waals surface area contributed by atoms with Crippen LogP contribution in [0.3, 0.4) is 0 Å². The highest BCUT2D eigenvalue weighted by Crippen LogP contribution is 2.63. The Balaban J connectivity index is 1.91. The molecule has 0 aliphatic carbocycles. The molecule has 5 atom stereocenters. The van der Waals surface area contributed by atoms with E-state index in [9.17, 15) is 0 Å². The van der Waals surface area contributed by atoms with Crippen molar-refractivity contribution in [2.24, 2.45) is 0 Å². The molecule has 0 nitrogen and oxygen atoms in total. The minimum absolute atomic E-state index is 0.380. The van der Waals surface area contributed by atoms with Crippen LogP contribution in [0.4, 0.5) is 0 Å². The quantitative estimate of drug-likeness (QED) is 0.461. The third kappa shape index (κ3) is 3.79. The lowest BCUT2D eigenvalue weighted by Crippen LogP contribution is -2.12. The van der Waals surface area contributed by atoms with Crippen LogP contribution < -0.4 is 0 Å². The molecule has 0 aromatic heterocycles. The van der Waals surface area contributed by atoms with Crippen LogP contribution in [0.1, 0.15) is 79.1 Å². The largest absolute Gasteiger partial charge is 0.100 e. The van der Waals surface area contributed by atoms with E-state index in [-0.39, 0.29) is 0 Å². The highest BCUT2D eigenvalue weighted by atomic mass is 31.1.